The molecule has 0 bridgehead atoms. The number of para-hydroxylation sites is 1. The van der Waals surface area contributed by atoms with Crippen molar-refractivity contribution in [2.75, 3.05) is 13.1 Å². The standard InChI is InChI=1S/C22H21F3N2OS/c23-22(24,25)17-7-3-2-6-16(17)20(21(28)11-13-26-14-12-21)29-19-10-9-15-5-1-4-8-18(15)27-19/h1-10,20,26,28H,11-14H2. The highest BCUT2D eigenvalue weighted by atomic mass is 32.2. The first-order valence-corrected chi connectivity index (χ1v) is 10.4. The number of alkyl halides is 3. The van der Waals surface area contributed by atoms with E-state index in [1.165, 1.54) is 23.9 Å². The van der Waals surface area contributed by atoms with Crippen molar-refractivity contribution in [2.45, 2.75) is 34.9 Å². The molecule has 7 heteroatoms. The van der Waals surface area contributed by atoms with Gasteiger partial charge in [-0.05, 0) is 49.7 Å². The van der Waals surface area contributed by atoms with Gasteiger partial charge in [0.1, 0.15) is 0 Å². The molecular weight excluding hydrogens is 397 g/mol. The maximum Gasteiger partial charge on any atom is 0.416 e. The van der Waals surface area contributed by atoms with E-state index in [-0.39, 0.29) is 5.56 Å². The van der Waals surface area contributed by atoms with Crippen LogP contribution in [0, 0.1) is 0 Å². The summed E-state index contributed by atoms with van der Waals surface area (Å²) in [4.78, 5) is 4.61. The Hall–Kier alpha value is -2.09. The molecule has 0 spiro atoms. The van der Waals surface area contributed by atoms with Crippen LogP contribution in [0.4, 0.5) is 13.2 Å². The first-order valence-electron chi connectivity index (χ1n) is 9.48. The molecule has 0 amide bonds. The lowest BCUT2D eigenvalue weighted by Crippen LogP contribution is -2.45. The molecule has 1 aliphatic heterocycles. The average molecular weight is 418 g/mol. The van der Waals surface area contributed by atoms with Gasteiger partial charge in [-0.1, -0.05) is 54.2 Å². The molecule has 1 aliphatic rings. The van der Waals surface area contributed by atoms with Gasteiger partial charge in [0, 0.05) is 5.39 Å². The van der Waals surface area contributed by atoms with E-state index in [2.05, 4.69) is 10.3 Å². The van der Waals surface area contributed by atoms with Crippen molar-refractivity contribution in [3.05, 3.63) is 71.8 Å². The van der Waals surface area contributed by atoms with Crippen molar-refractivity contribution in [3.63, 3.8) is 0 Å². The molecule has 1 fully saturated rings. The molecule has 1 aromatic heterocycles. The summed E-state index contributed by atoms with van der Waals surface area (Å²) in [5.41, 5.74) is -1.09. The van der Waals surface area contributed by atoms with Crippen molar-refractivity contribution < 1.29 is 18.3 Å². The third-order valence-corrected chi connectivity index (χ3v) is 6.71. The number of nitrogens with one attached hydrogen (secondary N) is 1. The Bertz CT molecular complexity index is 1000. The number of aliphatic hydroxyl groups is 1. The summed E-state index contributed by atoms with van der Waals surface area (Å²) in [6, 6.07) is 16.8. The molecule has 0 aliphatic carbocycles. The van der Waals surface area contributed by atoms with Crippen LogP contribution >= 0.6 is 11.8 Å². The molecule has 1 unspecified atom stereocenters. The summed E-state index contributed by atoms with van der Waals surface area (Å²) in [5, 5.41) is 15.3. The van der Waals surface area contributed by atoms with Crippen molar-refractivity contribution in [2.24, 2.45) is 0 Å². The van der Waals surface area contributed by atoms with Crippen molar-refractivity contribution in [3.8, 4) is 0 Å². The van der Waals surface area contributed by atoms with E-state index in [0.29, 0.717) is 31.0 Å². The third-order valence-electron chi connectivity index (χ3n) is 5.32. The van der Waals surface area contributed by atoms with Crippen LogP contribution in [0.1, 0.15) is 29.2 Å². The number of thioether (sulfide) groups is 1. The number of benzene rings is 2. The number of aromatic nitrogens is 1. The Labute approximate surface area is 171 Å². The van der Waals surface area contributed by atoms with Gasteiger partial charge >= 0.3 is 6.18 Å². The predicted molar refractivity (Wildman–Crippen MR) is 109 cm³/mol. The minimum absolute atomic E-state index is 0.101. The number of fused-ring (bicyclic) bond motifs is 1. The number of hydrogen-bond donors (Lipinski definition) is 2. The average Bonchev–Trinajstić information content (AvgIpc) is 2.72. The third kappa shape index (κ3) is 4.27. The van der Waals surface area contributed by atoms with Crippen LogP contribution in [-0.2, 0) is 6.18 Å². The maximum absolute atomic E-state index is 13.7. The molecule has 1 saturated heterocycles. The quantitative estimate of drug-likeness (QED) is 0.572. The highest BCUT2D eigenvalue weighted by Crippen LogP contribution is 2.49. The molecule has 29 heavy (non-hydrogen) atoms. The van der Waals surface area contributed by atoms with Crippen LogP contribution in [0.5, 0.6) is 0 Å². The van der Waals surface area contributed by atoms with Crippen molar-refractivity contribution in [1.82, 2.24) is 10.3 Å². The molecule has 2 heterocycles. The van der Waals surface area contributed by atoms with Crippen LogP contribution < -0.4 is 5.32 Å². The first-order chi connectivity index (χ1) is 13.9. The summed E-state index contributed by atoms with van der Waals surface area (Å²) >= 11 is 1.20. The van der Waals surface area contributed by atoms with Gasteiger partial charge in [0.05, 0.1) is 27.0 Å². The lowest BCUT2D eigenvalue weighted by molar-refractivity contribution is -0.138. The molecule has 0 radical (unpaired) electrons. The van der Waals surface area contributed by atoms with Crippen LogP contribution in [0.2, 0.25) is 0 Å². The minimum atomic E-state index is -4.49. The number of hydrogen-bond acceptors (Lipinski definition) is 4. The molecule has 2 aromatic carbocycles. The number of nitrogens with zero attached hydrogens (tertiary/aromatic N) is 1. The second kappa shape index (κ2) is 7.97. The SMILES string of the molecule is OC1(C(Sc2ccc3ccccc3n2)c2ccccc2C(F)(F)F)CCNCC1. The van der Waals surface area contributed by atoms with Gasteiger partial charge in [0.25, 0.3) is 0 Å². The van der Waals surface area contributed by atoms with E-state index in [9.17, 15) is 18.3 Å². The van der Waals surface area contributed by atoms with Crippen LogP contribution in [-0.4, -0.2) is 28.8 Å². The van der Waals surface area contributed by atoms with E-state index in [1.807, 2.05) is 30.3 Å². The Balaban J connectivity index is 1.79. The van der Waals surface area contributed by atoms with Gasteiger partial charge in [0.2, 0.25) is 0 Å². The Morgan fingerprint density at radius 2 is 1.66 bits per heavy atom. The molecule has 1 atom stereocenters. The van der Waals surface area contributed by atoms with E-state index < -0.39 is 22.6 Å². The number of rotatable bonds is 4. The highest BCUT2D eigenvalue weighted by Gasteiger charge is 2.44. The van der Waals surface area contributed by atoms with Crippen molar-refractivity contribution in [1.29, 1.82) is 0 Å². The second-order valence-corrected chi connectivity index (χ2v) is 8.40. The lowest BCUT2D eigenvalue weighted by atomic mass is 9.84. The smallest absolute Gasteiger partial charge is 0.388 e. The van der Waals surface area contributed by atoms with Crippen LogP contribution in [0.3, 0.4) is 0 Å². The maximum atomic E-state index is 13.7. The van der Waals surface area contributed by atoms with E-state index in [1.54, 1.807) is 12.1 Å². The van der Waals surface area contributed by atoms with E-state index in [0.717, 1.165) is 17.0 Å². The zero-order valence-corrected chi connectivity index (χ0v) is 16.4. The molecule has 3 aromatic rings. The van der Waals surface area contributed by atoms with Gasteiger partial charge in [-0.15, -0.1) is 0 Å². The molecule has 4 rings (SSSR count). The first kappa shape index (κ1) is 20.2. The van der Waals surface area contributed by atoms with Gasteiger partial charge in [0.15, 0.2) is 0 Å². The van der Waals surface area contributed by atoms with Crippen LogP contribution in [0.15, 0.2) is 65.7 Å². The summed E-state index contributed by atoms with van der Waals surface area (Å²) in [6.07, 6.45) is -3.73. The van der Waals surface area contributed by atoms with Gasteiger partial charge < -0.3 is 10.4 Å². The van der Waals surface area contributed by atoms with E-state index >= 15 is 0 Å². The molecular formula is C22H21F3N2OS. The lowest BCUT2D eigenvalue weighted by Gasteiger charge is -2.40. The Morgan fingerprint density at radius 3 is 2.41 bits per heavy atom. The summed E-state index contributed by atoms with van der Waals surface area (Å²) < 4.78 is 41.2. The largest absolute Gasteiger partial charge is 0.416 e. The highest BCUT2D eigenvalue weighted by molar-refractivity contribution is 7.99. The van der Waals surface area contributed by atoms with Gasteiger partial charge in [-0.3, -0.25) is 0 Å². The van der Waals surface area contributed by atoms with Gasteiger partial charge in [-0.2, -0.15) is 13.2 Å². The molecule has 3 nitrogen and oxygen atoms in total. The fourth-order valence-electron chi connectivity index (χ4n) is 3.80. The van der Waals surface area contributed by atoms with Gasteiger partial charge in [-0.25, -0.2) is 4.98 Å². The normalized spacial score (nSPS) is 17.9. The number of pyridine rings is 1. The number of halogens is 3. The summed E-state index contributed by atoms with van der Waals surface area (Å²) in [7, 11) is 0. The van der Waals surface area contributed by atoms with E-state index in [4.69, 9.17) is 0 Å². The summed E-state index contributed by atoms with van der Waals surface area (Å²) in [6.45, 7) is 1.12. The van der Waals surface area contributed by atoms with Crippen molar-refractivity contribution >= 4 is 22.7 Å². The second-order valence-electron chi connectivity index (χ2n) is 7.28. The zero-order chi connectivity index (χ0) is 20.5. The molecule has 152 valence electrons. The molecule has 0 saturated carbocycles. The minimum Gasteiger partial charge on any atom is -0.388 e. The summed E-state index contributed by atoms with van der Waals surface area (Å²) in [5.74, 6) is 0. The van der Waals surface area contributed by atoms with Crippen LogP contribution in [0.25, 0.3) is 10.9 Å². The Kier molecular flexibility index (Phi) is 5.55. The number of piperidine rings is 1. The Morgan fingerprint density at radius 1 is 0.966 bits per heavy atom. The fraction of sp³-hybridized carbons (Fsp3) is 0.318. The molecule has 2 N–H and O–H groups in total. The monoisotopic (exact) mass is 418 g/mol. The predicted octanol–water partition coefficient (Wildman–Crippen LogP) is 5.20. The fourth-order valence-corrected chi connectivity index (χ4v) is 5.13. The topological polar surface area (TPSA) is 45.2 Å². The zero-order valence-electron chi connectivity index (χ0n) is 15.6.